The summed E-state index contributed by atoms with van der Waals surface area (Å²) in [4.78, 5) is 26.9. The lowest BCUT2D eigenvalue weighted by Gasteiger charge is -2.30. The molecule has 7 heteroatoms. The molecule has 1 aliphatic heterocycles. The number of thiocarbonyl (C=S) groups is 1. The summed E-state index contributed by atoms with van der Waals surface area (Å²) >= 11 is 8.67. The van der Waals surface area contributed by atoms with E-state index in [9.17, 15) is 9.59 Å². The first-order valence-electron chi connectivity index (χ1n) is 8.14. The van der Waals surface area contributed by atoms with Crippen LogP contribution >= 0.6 is 28.1 Å². The molecule has 0 aromatic heterocycles. The highest BCUT2D eigenvalue weighted by Gasteiger charge is 2.35. The van der Waals surface area contributed by atoms with Crippen molar-refractivity contribution < 1.29 is 14.3 Å². The van der Waals surface area contributed by atoms with Crippen LogP contribution < -0.4 is 15.0 Å². The second-order valence-electron chi connectivity index (χ2n) is 6.07. The lowest BCUT2D eigenvalue weighted by atomic mass is 10.0. The Morgan fingerprint density at radius 1 is 1.19 bits per heavy atom. The normalized spacial score (nSPS) is 15.9. The van der Waals surface area contributed by atoms with Crippen LogP contribution in [0.5, 0.6) is 5.75 Å². The number of benzene rings is 2. The number of halogens is 1. The summed E-state index contributed by atoms with van der Waals surface area (Å²) in [5.74, 6) is -0.308. The van der Waals surface area contributed by atoms with Crippen molar-refractivity contribution in [2.24, 2.45) is 0 Å². The Bertz CT molecular complexity index is 1000. The van der Waals surface area contributed by atoms with E-state index in [-0.39, 0.29) is 10.7 Å². The third-order valence-corrected chi connectivity index (χ3v) is 5.31. The summed E-state index contributed by atoms with van der Waals surface area (Å²) in [5, 5.41) is 2.68. The van der Waals surface area contributed by atoms with Gasteiger partial charge in [0.05, 0.1) is 17.3 Å². The van der Waals surface area contributed by atoms with Gasteiger partial charge in [-0.1, -0.05) is 18.2 Å². The van der Waals surface area contributed by atoms with Gasteiger partial charge in [0.25, 0.3) is 11.8 Å². The second-order valence-corrected chi connectivity index (χ2v) is 7.31. The van der Waals surface area contributed by atoms with E-state index in [0.29, 0.717) is 17.0 Å². The highest BCUT2D eigenvalue weighted by Crippen LogP contribution is 2.29. The van der Waals surface area contributed by atoms with Crippen molar-refractivity contribution in [3.63, 3.8) is 0 Å². The number of nitrogens with zero attached hydrogens (tertiary/aromatic N) is 1. The van der Waals surface area contributed by atoms with Gasteiger partial charge in [0.1, 0.15) is 11.3 Å². The molecule has 0 saturated carbocycles. The van der Waals surface area contributed by atoms with Crippen LogP contribution in [0.15, 0.2) is 46.4 Å². The molecule has 2 amide bonds. The van der Waals surface area contributed by atoms with E-state index in [1.54, 1.807) is 31.4 Å². The zero-order valence-electron chi connectivity index (χ0n) is 15.0. The molecule has 2 aromatic rings. The van der Waals surface area contributed by atoms with Crippen molar-refractivity contribution in [1.82, 2.24) is 5.32 Å². The summed E-state index contributed by atoms with van der Waals surface area (Å²) < 4.78 is 5.93. The molecule has 1 N–H and O–H groups in total. The predicted octanol–water partition coefficient (Wildman–Crippen LogP) is 3.91. The third kappa shape index (κ3) is 3.65. The van der Waals surface area contributed by atoms with Gasteiger partial charge in [0.15, 0.2) is 5.11 Å². The average Bonchev–Trinajstić information content (AvgIpc) is 2.62. The van der Waals surface area contributed by atoms with E-state index in [1.807, 2.05) is 32.0 Å². The van der Waals surface area contributed by atoms with Crippen LogP contribution in [-0.4, -0.2) is 24.0 Å². The number of aryl methyl sites for hydroxylation is 1. The maximum Gasteiger partial charge on any atom is 0.270 e. The Balaban J connectivity index is 2.05. The molecule has 1 saturated heterocycles. The van der Waals surface area contributed by atoms with Crippen molar-refractivity contribution >= 4 is 56.8 Å². The van der Waals surface area contributed by atoms with Gasteiger partial charge in [-0.05, 0) is 83.0 Å². The van der Waals surface area contributed by atoms with Crippen LogP contribution in [0.3, 0.4) is 0 Å². The molecule has 1 aliphatic rings. The maximum atomic E-state index is 13.1. The van der Waals surface area contributed by atoms with E-state index in [1.165, 1.54) is 4.90 Å². The van der Waals surface area contributed by atoms with Crippen LogP contribution in [0.4, 0.5) is 5.69 Å². The zero-order valence-corrected chi connectivity index (χ0v) is 17.4. The van der Waals surface area contributed by atoms with E-state index in [2.05, 4.69) is 21.2 Å². The molecule has 3 rings (SSSR count). The Hall–Kier alpha value is -2.51. The van der Waals surface area contributed by atoms with Crippen LogP contribution in [0.1, 0.15) is 16.7 Å². The maximum absolute atomic E-state index is 13.1. The number of amides is 2. The van der Waals surface area contributed by atoms with Gasteiger partial charge in [-0.15, -0.1) is 0 Å². The minimum absolute atomic E-state index is 0.0153. The largest absolute Gasteiger partial charge is 0.496 e. The van der Waals surface area contributed by atoms with Crippen molar-refractivity contribution in [2.45, 2.75) is 13.8 Å². The van der Waals surface area contributed by atoms with E-state index in [4.69, 9.17) is 17.0 Å². The van der Waals surface area contributed by atoms with Crippen LogP contribution in [0.2, 0.25) is 0 Å². The Morgan fingerprint density at radius 3 is 2.59 bits per heavy atom. The van der Waals surface area contributed by atoms with Gasteiger partial charge < -0.3 is 4.74 Å². The lowest BCUT2D eigenvalue weighted by molar-refractivity contribution is -0.122. The van der Waals surface area contributed by atoms with Crippen molar-refractivity contribution in [3.05, 3.63) is 63.1 Å². The lowest BCUT2D eigenvalue weighted by Crippen LogP contribution is -2.54. The fourth-order valence-corrected chi connectivity index (χ4v) is 3.63. The molecular formula is C20H17BrN2O3S. The standard InChI is InChI=1S/C20H17BrN2O3S/c1-11-5-4-6-16(12(11)2)23-19(25)14(18(24)22-20(23)27)9-13-7-8-17(26-3)15(21)10-13/h4-10H,1-3H3,(H,22,24,27). The van der Waals surface area contributed by atoms with Crippen LogP contribution in [0.25, 0.3) is 6.08 Å². The van der Waals surface area contributed by atoms with Crippen molar-refractivity contribution in [1.29, 1.82) is 0 Å². The molecule has 2 aromatic carbocycles. The number of carbonyl (C=O) groups excluding carboxylic acids is 2. The monoisotopic (exact) mass is 444 g/mol. The summed E-state index contributed by atoms with van der Waals surface area (Å²) in [6.45, 7) is 3.88. The van der Waals surface area contributed by atoms with Crippen LogP contribution in [0, 0.1) is 13.8 Å². The first-order chi connectivity index (χ1) is 12.8. The second kappa shape index (κ2) is 7.62. The molecule has 1 fully saturated rings. The summed E-state index contributed by atoms with van der Waals surface area (Å²) in [5.41, 5.74) is 3.32. The number of hydrogen-bond donors (Lipinski definition) is 1. The first-order valence-corrected chi connectivity index (χ1v) is 9.35. The predicted molar refractivity (Wildman–Crippen MR) is 113 cm³/mol. The number of nitrogens with one attached hydrogen (secondary N) is 1. The van der Waals surface area contributed by atoms with Gasteiger partial charge >= 0.3 is 0 Å². The van der Waals surface area contributed by atoms with Gasteiger partial charge in [-0.2, -0.15) is 0 Å². The highest BCUT2D eigenvalue weighted by atomic mass is 79.9. The number of methoxy groups -OCH3 is 1. The Kier molecular flexibility index (Phi) is 5.43. The number of carbonyl (C=O) groups is 2. The summed E-state index contributed by atoms with van der Waals surface area (Å²) in [6, 6.07) is 10.9. The smallest absolute Gasteiger partial charge is 0.270 e. The van der Waals surface area contributed by atoms with E-state index >= 15 is 0 Å². The van der Waals surface area contributed by atoms with Gasteiger partial charge in [0, 0.05) is 0 Å². The molecule has 0 radical (unpaired) electrons. The fourth-order valence-electron chi connectivity index (χ4n) is 2.79. The zero-order chi connectivity index (χ0) is 19.7. The molecule has 0 bridgehead atoms. The number of ether oxygens (including phenoxy) is 1. The molecule has 27 heavy (non-hydrogen) atoms. The summed E-state index contributed by atoms with van der Waals surface area (Å²) in [7, 11) is 1.57. The van der Waals surface area contributed by atoms with Gasteiger partial charge in [-0.3, -0.25) is 19.8 Å². The molecule has 0 atom stereocenters. The Morgan fingerprint density at radius 2 is 1.93 bits per heavy atom. The van der Waals surface area contributed by atoms with Crippen molar-refractivity contribution in [3.8, 4) is 5.75 Å². The SMILES string of the molecule is COc1ccc(C=C2C(=O)NC(=S)N(c3cccc(C)c3C)C2=O)cc1Br. The minimum atomic E-state index is -0.515. The number of rotatable bonds is 3. The van der Waals surface area contributed by atoms with E-state index < -0.39 is 11.8 Å². The molecule has 1 heterocycles. The van der Waals surface area contributed by atoms with Crippen molar-refractivity contribution in [2.75, 3.05) is 12.0 Å². The topological polar surface area (TPSA) is 58.6 Å². The fraction of sp³-hybridized carbons (Fsp3) is 0.150. The first kappa shape index (κ1) is 19.3. The number of hydrogen-bond acceptors (Lipinski definition) is 4. The third-order valence-electron chi connectivity index (χ3n) is 4.41. The minimum Gasteiger partial charge on any atom is -0.496 e. The van der Waals surface area contributed by atoms with Gasteiger partial charge in [0.2, 0.25) is 0 Å². The molecule has 138 valence electrons. The van der Waals surface area contributed by atoms with E-state index in [0.717, 1.165) is 15.6 Å². The molecule has 0 spiro atoms. The van der Waals surface area contributed by atoms with Gasteiger partial charge in [-0.25, -0.2) is 0 Å². The Labute approximate surface area is 171 Å². The summed E-state index contributed by atoms with van der Waals surface area (Å²) in [6.07, 6.45) is 1.54. The molecule has 0 unspecified atom stereocenters. The quantitative estimate of drug-likeness (QED) is 0.442. The molecule has 0 aliphatic carbocycles. The number of anilines is 1. The average molecular weight is 445 g/mol. The molecular weight excluding hydrogens is 428 g/mol. The highest BCUT2D eigenvalue weighted by molar-refractivity contribution is 9.10. The van der Waals surface area contributed by atoms with Crippen LogP contribution in [-0.2, 0) is 9.59 Å². The molecule has 5 nitrogen and oxygen atoms in total.